The van der Waals surface area contributed by atoms with Crippen molar-refractivity contribution >= 4 is 11.4 Å². The van der Waals surface area contributed by atoms with Gasteiger partial charge in [0.25, 0.3) is 5.56 Å². The van der Waals surface area contributed by atoms with Crippen molar-refractivity contribution in [1.29, 1.82) is 0 Å². The molecule has 2 aromatic heterocycles. The summed E-state index contributed by atoms with van der Waals surface area (Å²) in [6.45, 7) is 0. The van der Waals surface area contributed by atoms with Crippen LogP contribution in [0.15, 0.2) is 63.8 Å². The molecule has 2 heterocycles. The Morgan fingerprint density at radius 2 is 1.75 bits per heavy atom. The number of hydrogen-bond acceptors (Lipinski definition) is 4. The molecule has 0 bridgehead atoms. The number of azo groups is 1. The van der Waals surface area contributed by atoms with Crippen LogP contribution in [0.1, 0.15) is 5.56 Å². The molecule has 3 rings (SSSR count). The molecule has 0 aliphatic carbocycles. The molecule has 0 saturated heterocycles. The summed E-state index contributed by atoms with van der Waals surface area (Å²) in [4.78, 5) is 15.8. The van der Waals surface area contributed by atoms with E-state index in [2.05, 4.69) is 25.4 Å². The fourth-order valence-corrected chi connectivity index (χ4v) is 1.99. The zero-order chi connectivity index (χ0) is 17.2. The van der Waals surface area contributed by atoms with Gasteiger partial charge in [0.1, 0.15) is 0 Å². The topological polar surface area (TPSA) is 86.3 Å². The maximum absolute atomic E-state index is 12.5. The highest BCUT2D eigenvalue weighted by Gasteiger charge is 2.29. The number of hydrogen-bond donors (Lipinski definition) is 2. The van der Waals surface area contributed by atoms with Gasteiger partial charge in [0.15, 0.2) is 5.69 Å². The van der Waals surface area contributed by atoms with Crippen LogP contribution in [-0.4, -0.2) is 15.2 Å². The normalized spacial score (nSPS) is 12.0. The summed E-state index contributed by atoms with van der Waals surface area (Å²) < 4.78 is 37.5. The minimum Gasteiger partial charge on any atom is -0.295 e. The lowest BCUT2D eigenvalue weighted by Crippen LogP contribution is -2.03. The third kappa shape index (κ3) is 3.24. The lowest BCUT2D eigenvalue weighted by molar-refractivity contribution is -0.137. The van der Waals surface area contributed by atoms with E-state index in [1.807, 2.05) is 0 Å². The Hall–Kier alpha value is -3.23. The average Bonchev–Trinajstić information content (AvgIpc) is 2.94. The summed E-state index contributed by atoms with van der Waals surface area (Å²) in [7, 11) is 0. The average molecular weight is 333 g/mol. The zero-order valence-corrected chi connectivity index (χ0v) is 12.0. The Balaban J connectivity index is 1.91. The van der Waals surface area contributed by atoms with Gasteiger partial charge >= 0.3 is 6.18 Å². The highest BCUT2D eigenvalue weighted by Crippen LogP contribution is 2.31. The third-order valence-electron chi connectivity index (χ3n) is 3.16. The molecule has 0 amide bonds. The molecule has 0 spiro atoms. The molecule has 24 heavy (non-hydrogen) atoms. The standard InChI is InChI=1S/C15H10F3N5O/c16-15(17,18)10-3-5-11(6-4-10)20-22-13-12(21-23-14(13)24)9-2-1-7-19-8-9/h1-8H,(H2,21,23,24). The minimum absolute atomic E-state index is 0.0166. The Labute approximate surface area is 133 Å². The van der Waals surface area contributed by atoms with E-state index < -0.39 is 17.3 Å². The molecular formula is C15H10F3N5O. The molecule has 9 heteroatoms. The third-order valence-corrected chi connectivity index (χ3v) is 3.16. The van der Waals surface area contributed by atoms with Gasteiger partial charge in [-0.3, -0.25) is 20.0 Å². The minimum atomic E-state index is -4.42. The predicted octanol–water partition coefficient (Wildman–Crippen LogP) is 4.20. The first-order valence-electron chi connectivity index (χ1n) is 6.75. The number of rotatable bonds is 3. The van der Waals surface area contributed by atoms with Gasteiger partial charge in [0.05, 0.1) is 16.9 Å². The fourth-order valence-electron chi connectivity index (χ4n) is 1.99. The van der Waals surface area contributed by atoms with Gasteiger partial charge in [0, 0.05) is 18.0 Å². The van der Waals surface area contributed by atoms with Gasteiger partial charge in [-0.05, 0) is 36.4 Å². The number of alkyl halides is 3. The van der Waals surface area contributed by atoms with E-state index in [0.717, 1.165) is 12.1 Å². The summed E-state index contributed by atoms with van der Waals surface area (Å²) in [6, 6.07) is 7.57. The number of benzene rings is 1. The van der Waals surface area contributed by atoms with E-state index in [0.29, 0.717) is 11.3 Å². The Bertz CT molecular complexity index is 911. The van der Waals surface area contributed by atoms with Crippen LogP contribution in [0.25, 0.3) is 11.3 Å². The van der Waals surface area contributed by atoms with Crippen LogP contribution < -0.4 is 5.56 Å². The van der Waals surface area contributed by atoms with Crippen LogP contribution >= 0.6 is 0 Å². The summed E-state index contributed by atoms with van der Waals surface area (Å²) >= 11 is 0. The van der Waals surface area contributed by atoms with Gasteiger partial charge in [-0.25, -0.2) is 0 Å². The fraction of sp³-hybridized carbons (Fsp3) is 0.0667. The van der Waals surface area contributed by atoms with Gasteiger partial charge in [-0.2, -0.15) is 18.3 Å². The first kappa shape index (κ1) is 15.7. The molecule has 122 valence electrons. The molecular weight excluding hydrogens is 323 g/mol. The van der Waals surface area contributed by atoms with Crippen molar-refractivity contribution in [3.63, 3.8) is 0 Å². The number of halogens is 3. The second-order valence-corrected chi connectivity index (χ2v) is 4.79. The maximum Gasteiger partial charge on any atom is 0.416 e. The molecule has 0 atom stereocenters. The number of nitrogens with one attached hydrogen (secondary N) is 2. The van der Waals surface area contributed by atoms with E-state index >= 15 is 0 Å². The van der Waals surface area contributed by atoms with Gasteiger partial charge in [-0.15, -0.1) is 5.11 Å². The van der Waals surface area contributed by atoms with Crippen molar-refractivity contribution in [2.45, 2.75) is 6.18 Å². The predicted molar refractivity (Wildman–Crippen MR) is 80.3 cm³/mol. The lowest BCUT2D eigenvalue weighted by atomic mass is 10.2. The summed E-state index contributed by atoms with van der Waals surface area (Å²) in [5.41, 5.74) is -0.0499. The Kier molecular flexibility index (Phi) is 3.98. The van der Waals surface area contributed by atoms with E-state index in [4.69, 9.17) is 0 Å². The van der Waals surface area contributed by atoms with Crippen LogP contribution in [0.2, 0.25) is 0 Å². The van der Waals surface area contributed by atoms with Gasteiger partial charge in [-0.1, -0.05) is 0 Å². The van der Waals surface area contributed by atoms with E-state index in [-0.39, 0.29) is 11.4 Å². The van der Waals surface area contributed by atoms with Crippen molar-refractivity contribution in [3.8, 4) is 11.3 Å². The molecule has 0 aliphatic rings. The highest BCUT2D eigenvalue weighted by atomic mass is 19.4. The second-order valence-electron chi connectivity index (χ2n) is 4.79. The van der Waals surface area contributed by atoms with Crippen molar-refractivity contribution in [3.05, 3.63) is 64.7 Å². The summed E-state index contributed by atoms with van der Waals surface area (Å²) in [5.74, 6) is 0. The second kappa shape index (κ2) is 6.11. The largest absolute Gasteiger partial charge is 0.416 e. The highest BCUT2D eigenvalue weighted by molar-refractivity contribution is 5.70. The maximum atomic E-state index is 12.5. The van der Waals surface area contributed by atoms with Crippen molar-refractivity contribution in [1.82, 2.24) is 15.2 Å². The smallest absolute Gasteiger partial charge is 0.295 e. The summed E-state index contributed by atoms with van der Waals surface area (Å²) in [5, 5.41) is 12.7. The van der Waals surface area contributed by atoms with Gasteiger partial charge in [0.2, 0.25) is 0 Å². The number of nitrogens with zero attached hydrogens (tertiary/aromatic N) is 3. The molecule has 0 aliphatic heterocycles. The van der Waals surface area contributed by atoms with Gasteiger partial charge < -0.3 is 0 Å². The van der Waals surface area contributed by atoms with Crippen LogP contribution in [0.5, 0.6) is 0 Å². The first-order valence-corrected chi connectivity index (χ1v) is 6.75. The van der Waals surface area contributed by atoms with Crippen molar-refractivity contribution < 1.29 is 13.2 Å². The van der Waals surface area contributed by atoms with E-state index in [1.165, 1.54) is 18.3 Å². The molecule has 0 unspecified atom stereocenters. The molecule has 2 N–H and O–H groups in total. The Morgan fingerprint density at radius 3 is 2.38 bits per heavy atom. The van der Waals surface area contributed by atoms with E-state index in [1.54, 1.807) is 18.3 Å². The lowest BCUT2D eigenvalue weighted by Gasteiger charge is -2.05. The van der Waals surface area contributed by atoms with Crippen LogP contribution in [0.4, 0.5) is 24.5 Å². The Morgan fingerprint density at radius 1 is 1.00 bits per heavy atom. The molecule has 0 fully saturated rings. The van der Waals surface area contributed by atoms with Crippen LogP contribution in [0.3, 0.4) is 0 Å². The molecule has 6 nitrogen and oxygen atoms in total. The zero-order valence-electron chi connectivity index (χ0n) is 12.0. The van der Waals surface area contributed by atoms with E-state index in [9.17, 15) is 18.0 Å². The molecule has 1 aromatic carbocycles. The molecule has 3 aromatic rings. The molecule has 0 radical (unpaired) electrons. The number of pyridine rings is 1. The monoisotopic (exact) mass is 333 g/mol. The van der Waals surface area contributed by atoms with Crippen molar-refractivity contribution in [2.75, 3.05) is 0 Å². The first-order chi connectivity index (χ1) is 11.4. The molecule has 0 saturated carbocycles. The quantitative estimate of drug-likeness (QED) is 0.704. The summed E-state index contributed by atoms with van der Waals surface area (Å²) in [6.07, 6.45) is -1.30. The van der Waals surface area contributed by atoms with Crippen LogP contribution in [0, 0.1) is 0 Å². The van der Waals surface area contributed by atoms with Crippen molar-refractivity contribution in [2.24, 2.45) is 10.2 Å². The SMILES string of the molecule is O=c1[nH][nH]c(-c2cccnc2)c1N=Nc1ccc(C(F)(F)F)cc1. The van der Waals surface area contributed by atoms with Crippen LogP contribution in [-0.2, 0) is 6.18 Å². The number of aromatic nitrogens is 3. The number of H-pyrrole nitrogens is 2. The number of aromatic amines is 2.